The zero-order valence-electron chi connectivity index (χ0n) is 37.4. The molecule has 4 aromatic carbocycles. The molecule has 6 aromatic rings. The van der Waals surface area contributed by atoms with E-state index >= 15 is 0 Å². The van der Waals surface area contributed by atoms with Crippen LogP contribution in [0.2, 0.25) is 0 Å². The molecule has 15 heteroatoms. The predicted molar refractivity (Wildman–Crippen MR) is 249 cm³/mol. The second-order valence-electron chi connectivity index (χ2n) is 14.8. The van der Waals surface area contributed by atoms with Crippen LogP contribution in [0.1, 0.15) is 61.5 Å². The molecule has 0 amide bonds. The lowest BCUT2D eigenvalue weighted by atomic mass is 10.0. The van der Waals surface area contributed by atoms with Gasteiger partial charge in [0.25, 0.3) is 0 Å². The maximum atomic E-state index is 8.34. The van der Waals surface area contributed by atoms with E-state index in [9.17, 15) is 0 Å². The fraction of sp³-hybridized carbons (Fsp3) is 0.333. The van der Waals surface area contributed by atoms with Crippen molar-refractivity contribution in [2.24, 2.45) is 5.11 Å². The molecule has 0 fully saturated rings. The Hall–Kier alpha value is -7.09. The predicted octanol–water partition coefficient (Wildman–Crippen LogP) is 7.00. The van der Waals surface area contributed by atoms with Crippen molar-refractivity contribution in [3.8, 4) is 35.5 Å². The van der Waals surface area contributed by atoms with Crippen LogP contribution in [0.25, 0.3) is 10.4 Å². The summed E-state index contributed by atoms with van der Waals surface area (Å²) in [5.41, 5.74) is 18.3. The summed E-state index contributed by atoms with van der Waals surface area (Å²) in [5.74, 6) is 19.9. The highest BCUT2D eigenvalue weighted by Crippen LogP contribution is 2.13. The van der Waals surface area contributed by atoms with E-state index in [-0.39, 0.29) is 0 Å². The van der Waals surface area contributed by atoms with Gasteiger partial charge in [-0.2, -0.15) is 0 Å². The summed E-state index contributed by atoms with van der Waals surface area (Å²) < 4.78 is 37.6. The first-order chi connectivity index (χ1) is 32.5. The molecule has 338 valence electrons. The van der Waals surface area contributed by atoms with Crippen molar-refractivity contribution in [3.63, 3.8) is 0 Å². The zero-order valence-corrected chi connectivity index (χ0v) is 37.4. The molecule has 2 aromatic heterocycles. The van der Waals surface area contributed by atoms with Crippen molar-refractivity contribution in [3.05, 3.63) is 175 Å². The average molecular weight is 888 g/mol. The largest absolute Gasteiger partial charge is 0.379 e. The highest BCUT2D eigenvalue weighted by Gasteiger charge is 2.02. The van der Waals surface area contributed by atoms with Crippen molar-refractivity contribution >= 4 is 0 Å². The summed E-state index contributed by atoms with van der Waals surface area (Å²) in [6.45, 7) is 11.2. The fourth-order valence-electron chi connectivity index (χ4n) is 6.04. The van der Waals surface area contributed by atoms with Crippen molar-refractivity contribution in [1.29, 1.82) is 0 Å². The van der Waals surface area contributed by atoms with Gasteiger partial charge in [0.05, 0.1) is 104 Å². The molecule has 0 N–H and O–H groups in total. The SMILES string of the molecule is Cc1cn(CCOCCOCc2ccc(C#Cc3cc(C#Cc4ccc(COCCOCCN=[N+]=[N-])cc4)cc(C#Cc4ccc(COCCOCCn5cc(C)nn5)cc4)c3)cc2)nn1. The normalized spacial score (nSPS) is 10.6. The molecular formula is C51H53N9O6. The Labute approximate surface area is 386 Å². The van der Waals surface area contributed by atoms with Crippen LogP contribution in [0.5, 0.6) is 0 Å². The van der Waals surface area contributed by atoms with Crippen LogP contribution in [0.15, 0.2) is 109 Å². The Balaban J connectivity index is 1.03. The van der Waals surface area contributed by atoms with Crippen LogP contribution in [-0.2, 0) is 61.3 Å². The van der Waals surface area contributed by atoms with Gasteiger partial charge in [-0.25, -0.2) is 9.36 Å². The maximum absolute atomic E-state index is 8.34. The van der Waals surface area contributed by atoms with Gasteiger partial charge in [0.15, 0.2) is 0 Å². The monoisotopic (exact) mass is 887 g/mol. The number of ether oxygens (including phenoxy) is 6. The first-order valence-electron chi connectivity index (χ1n) is 21.7. The molecule has 66 heavy (non-hydrogen) atoms. The van der Waals surface area contributed by atoms with E-state index in [0.29, 0.717) is 98.9 Å². The molecule has 0 radical (unpaired) electrons. The quantitative estimate of drug-likeness (QED) is 0.0203. The van der Waals surface area contributed by atoms with Crippen LogP contribution >= 0.6 is 0 Å². The molecule has 15 nitrogen and oxygen atoms in total. The smallest absolute Gasteiger partial charge is 0.0796 e. The first-order valence-corrected chi connectivity index (χ1v) is 21.7. The lowest BCUT2D eigenvalue weighted by Crippen LogP contribution is -2.10. The number of hydrogen-bond acceptors (Lipinski definition) is 11. The highest BCUT2D eigenvalue weighted by molar-refractivity contribution is 5.55. The number of benzene rings is 4. The minimum Gasteiger partial charge on any atom is -0.379 e. The molecule has 0 spiro atoms. The van der Waals surface area contributed by atoms with Crippen molar-refractivity contribution in [2.45, 2.75) is 46.8 Å². The van der Waals surface area contributed by atoms with Gasteiger partial charge in [0, 0.05) is 57.2 Å². The molecule has 0 saturated heterocycles. The van der Waals surface area contributed by atoms with Crippen LogP contribution in [0, 0.1) is 49.4 Å². The summed E-state index contributed by atoms with van der Waals surface area (Å²) in [4.78, 5) is 2.71. The molecule has 0 aliphatic rings. The second-order valence-corrected chi connectivity index (χ2v) is 14.8. The summed E-state index contributed by atoms with van der Waals surface area (Å²) in [7, 11) is 0. The Morgan fingerprint density at radius 1 is 0.455 bits per heavy atom. The van der Waals surface area contributed by atoms with Crippen LogP contribution in [-0.4, -0.2) is 96.0 Å². The maximum Gasteiger partial charge on any atom is 0.0796 e. The van der Waals surface area contributed by atoms with E-state index in [2.05, 4.69) is 66.2 Å². The van der Waals surface area contributed by atoms with Crippen LogP contribution in [0.3, 0.4) is 0 Å². The minimum absolute atomic E-state index is 0.306. The molecule has 2 heterocycles. The van der Waals surface area contributed by atoms with Gasteiger partial charge in [0.2, 0.25) is 0 Å². The number of azide groups is 1. The average Bonchev–Trinajstić information content (AvgIpc) is 3.97. The Bertz CT molecular complexity index is 2510. The number of hydrogen-bond donors (Lipinski definition) is 0. The van der Waals surface area contributed by atoms with E-state index in [1.807, 2.05) is 117 Å². The molecule has 0 bridgehead atoms. The van der Waals surface area contributed by atoms with Crippen LogP contribution in [0.4, 0.5) is 0 Å². The molecule has 0 aliphatic carbocycles. The van der Waals surface area contributed by atoms with Gasteiger partial charge in [-0.3, -0.25) is 0 Å². The summed E-state index contributed by atoms with van der Waals surface area (Å²) >= 11 is 0. The Morgan fingerprint density at radius 3 is 1.12 bits per heavy atom. The third-order valence-corrected chi connectivity index (χ3v) is 9.41. The molecule has 0 atom stereocenters. The van der Waals surface area contributed by atoms with Gasteiger partial charge in [-0.1, -0.05) is 87.5 Å². The van der Waals surface area contributed by atoms with Gasteiger partial charge in [-0.05, 0) is 90.7 Å². The van der Waals surface area contributed by atoms with Crippen molar-refractivity contribution in [2.75, 3.05) is 66.0 Å². The number of aryl methyl sites for hydroxylation is 2. The minimum atomic E-state index is 0.306. The second kappa shape index (κ2) is 28.0. The van der Waals surface area contributed by atoms with E-state index in [0.717, 1.165) is 61.5 Å². The number of nitrogens with zero attached hydrogens (tertiary/aromatic N) is 9. The molecule has 0 unspecified atom stereocenters. The highest BCUT2D eigenvalue weighted by atomic mass is 16.5. The van der Waals surface area contributed by atoms with Crippen molar-refractivity contribution < 1.29 is 28.4 Å². The summed E-state index contributed by atoms with van der Waals surface area (Å²) in [5, 5.41) is 19.5. The van der Waals surface area contributed by atoms with E-state index < -0.39 is 0 Å². The lowest BCUT2D eigenvalue weighted by Gasteiger charge is -2.06. The van der Waals surface area contributed by atoms with Gasteiger partial charge in [-0.15, -0.1) is 10.2 Å². The van der Waals surface area contributed by atoms with Gasteiger partial charge in [0.1, 0.15) is 0 Å². The first kappa shape index (κ1) is 48.4. The Kier molecular flexibility index (Phi) is 20.5. The van der Waals surface area contributed by atoms with Crippen molar-refractivity contribution in [1.82, 2.24) is 30.0 Å². The Morgan fingerprint density at radius 2 is 0.788 bits per heavy atom. The third kappa shape index (κ3) is 18.6. The molecule has 6 rings (SSSR count). The van der Waals surface area contributed by atoms with E-state index in [1.165, 1.54) is 0 Å². The summed E-state index contributed by atoms with van der Waals surface area (Å²) in [6.07, 6.45) is 3.78. The standard InChI is InChI=1S/C51H53N9O6/c1-41-36-59(57-54-41)22-25-62-28-31-65-39-47-14-5-44(6-15-47)10-19-50-33-49(18-9-43-3-12-46(13-4-43)38-64-30-27-61-24-21-53-56-52)34-51(35-50)20-11-45-7-16-48(17-8-45)40-66-32-29-63-26-23-60-37-42(2)55-58-60/h3-8,12-17,33-37H,21-32,38-40H2,1-2H3. The fourth-order valence-corrected chi connectivity index (χ4v) is 6.04. The van der Waals surface area contributed by atoms with E-state index in [4.69, 9.17) is 34.0 Å². The zero-order chi connectivity index (χ0) is 45.9. The van der Waals surface area contributed by atoms with Gasteiger partial charge >= 0.3 is 0 Å². The van der Waals surface area contributed by atoms with Gasteiger partial charge < -0.3 is 28.4 Å². The lowest BCUT2D eigenvalue weighted by molar-refractivity contribution is 0.0370. The molecule has 0 aliphatic heterocycles. The van der Waals surface area contributed by atoms with E-state index in [1.54, 1.807) is 9.36 Å². The third-order valence-electron chi connectivity index (χ3n) is 9.41. The number of aromatic nitrogens is 6. The van der Waals surface area contributed by atoms with Crippen LogP contribution < -0.4 is 0 Å². The molecule has 0 saturated carbocycles. The summed E-state index contributed by atoms with van der Waals surface area (Å²) in [6, 6.07) is 30.0. The number of rotatable bonds is 24. The topological polar surface area (TPSA) is 166 Å². The molecular weight excluding hydrogens is 835 g/mol.